The van der Waals surface area contributed by atoms with E-state index in [9.17, 15) is 9.59 Å². The monoisotopic (exact) mass is 330 g/mol. The topological polar surface area (TPSA) is 43.4 Å². The molecule has 1 unspecified atom stereocenters. The lowest BCUT2D eigenvalue weighted by Gasteiger charge is -2.13. The van der Waals surface area contributed by atoms with Crippen LogP contribution in [0.1, 0.15) is 24.5 Å². The van der Waals surface area contributed by atoms with Crippen LogP contribution in [0.25, 0.3) is 0 Å². The molecule has 2 rings (SSSR count). The van der Waals surface area contributed by atoms with E-state index in [4.69, 9.17) is 16.3 Å². The van der Waals surface area contributed by atoms with Crippen LogP contribution < -0.4 is 0 Å². The molecule has 4 heteroatoms. The molecule has 23 heavy (non-hydrogen) atoms. The molecule has 0 N–H and O–H groups in total. The number of benzene rings is 2. The van der Waals surface area contributed by atoms with Crippen molar-refractivity contribution >= 4 is 23.4 Å². The first-order valence-electron chi connectivity index (χ1n) is 7.51. The van der Waals surface area contributed by atoms with Crippen molar-refractivity contribution in [3.63, 3.8) is 0 Å². The molecular weight excluding hydrogens is 312 g/mol. The first-order chi connectivity index (χ1) is 11.1. The number of ether oxygens (including phenoxy) is 1. The summed E-state index contributed by atoms with van der Waals surface area (Å²) in [7, 11) is 0. The summed E-state index contributed by atoms with van der Waals surface area (Å²) in [5.41, 5.74) is 1.90. The van der Waals surface area contributed by atoms with Crippen LogP contribution >= 0.6 is 11.6 Å². The van der Waals surface area contributed by atoms with E-state index in [0.29, 0.717) is 17.9 Å². The maximum atomic E-state index is 12.2. The molecule has 0 aliphatic carbocycles. The molecule has 2 aromatic carbocycles. The van der Waals surface area contributed by atoms with E-state index in [1.165, 1.54) is 6.92 Å². The lowest BCUT2D eigenvalue weighted by molar-refractivity contribution is -0.153. The molecule has 1 atom stereocenters. The van der Waals surface area contributed by atoms with Gasteiger partial charge in [-0.15, -0.1) is 0 Å². The van der Waals surface area contributed by atoms with Gasteiger partial charge in [0.05, 0.1) is 0 Å². The van der Waals surface area contributed by atoms with Crippen molar-refractivity contribution in [1.82, 2.24) is 0 Å². The van der Waals surface area contributed by atoms with Gasteiger partial charge in [-0.2, -0.15) is 0 Å². The largest absolute Gasteiger partial charge is 0.460 e. The smallest absolute Gasteiger partial charge is 0.316 e. The van der Waals surface area contributed by atoms with E-state index < -0.39 is 11.9 Å². The third-order valence-electron chi connectivity index (χ3n) is 3.61. The van der Waals surface area contributed by atoms with Gasteiger partial charge >= 0.3 is 5.97 Å². The minimum absolute atomic E-state index is 0.176. The zero-order valence-electron chi connectivity index (χ0n) is 13.0. The lowest BCUT2D eigenvalue weighted by atomic mass is 9.96. The minimum atomic E-state index is -0.738. The van der Waals surface area contributed by atoms with Crippen molar-refractivity contribution in [2.45, 2.75) is 26.4 Å². The second-order valence-electron chi connectivity index (χ2n) is 5.43. The molecule has 0 aliphatic heterocycles. The summed E-state index contributed by atoms with van der Waals surface area (Å²) in [5, 5.41) is 0.647. The Balaban J connectivity index is 1.92. The molecule has 0 radical (unpaired) electrons. The fourth-order valence-corrected chi connectivity index (χ4v) is 2.53. The summed E-state index contributed by atoms with van der Waals surface area (Å²) in [5.74, 6) is -1.38. The lowest BCUT2D eigenvalue weighted by Crippen LogP contribution is -2.25. The third kappa shape index (κ3) is 5.53. The maximum absolute atomic E-state index is 12.2. The number of ketones is 1. The fraction of sp³-hybridized carbons (Fsp3) is 0.263. The van der Waals surface area contributed by atoms with Crippen LogP contribution in [0.2, 0.25) is 5.02 Å². The van der Waals surface area contributed by atoms with Crippen LogP contribution in [0.4, 0.5) is 0 Å². The molecule has 0 aromatic heterocycles. The van der Waals surface area contributed by atoms with E-state index >= 15 is 0 Å². The van der Waals surface area contributed by atoms with Crippen LogP contribution in [0.5, 0.6) is 0 Å². The average molecular weight is 331 g/mol. The summed E-state index contributed by atoms with van der Waals surface area (Å²) in [6.07, 6.45) is 1.02. The summed E-state index contributed by atoms with van der Waals surface area (Å²) in [6.45, 7) is 1.60. The average Bonchev–Trinajstić information content (AvgIpc) is 2.54. The Morgan fingerprint density at radius 2 is 1.74 bits per heavy atom. The predicted octanol–water partition coefficient (Wildman–Crippen LogP) is 4.22. The first kappa shape index (κ1) is 17.2. The van der Waals surface area contributed by atoms with Gasteiger partial charge in [-0.1, -0.05) is 54.1 Å². The highest BCUT2D eigenvalue weighted by Crippen LogP contribution is 2.17. The molecule has 0 aliphatic rings. The molecule has 0 bridgehead atoms. The van der Waals surface area contributed by atoms with E-state index in [1.807, 2.05) is 48.5 Å². The number of rotatable bonds is 7. The predicted molar refractivity (Wildman–Crippen MR) is 90.2 cm³/mol. The van der Waals surface area contributed by atoms with Gasteiger partial charge in [0.25, 0.3) is 0 Å². The van der Waals surface area contributed by atoms with Gasteiger partial charge < -0.3 is 4.74 Å². The second kappa shape index (κ2) is 8.49. The van der Waals surface area contributed by atoms with Gasteiger partial charge in [0, 0.05) is 5.02 Å². The van der Waals surface area contributed by atoms with E-state index in [2.05, 4.69) is 0 Å². The van der Waals surface area contributed by atoms with E-state index in [-0.39, 0.29) is 12.4 Å². The van der Waals surface area contributed by atoms with Gasteiger partial charge in [-0.3, -0.25) is 9.59 Å². The van der Waals surface area contributed by atoms with Crippen LogP contribution in [0.15, 0.2) is 54.6 Å². The highest BCUT2D eigenvalue weighted by molar-refractivity contribution is 6.30. The van der Waals surface area contributed by atoms with Crippen molar-refractivity contribution in [1.29, 1.82) is 0 Å². The summed E-state index contributed by atoms with van der Waals surface area (Å²) in [4.78, 5) is 23.9. The summed E-state index contributed by atoms with van der Waals surface area (Å²) in [6, 6.07) is 16.8. The number of Topliss-reactive ketones (excluding diaryl/α,β-unsaturated/α-hetero) is 1. The quantitative estimate of drug-likeness (QED) is 0.564. The first-order valence-corrected chi connectivity index (χ1v) is 7.89. The molecule has 0 saturated heterocycles. The van der Waals surface area contributed by atoms with Gasteiger partial charge in [0.2, 0.25) is 0 Å². The zero-order valence-corrected chi connectivity index (χ0v) is 13.8. The van der Waals surface area contributed by atoms with Gasteiger partial charge in [-0.25, -0.2) is 0 Å². The Morgan fingerprint density at radius 1 is 1.04 bits per heavy atom. The molecule has 120 valence electrons. The Kier molecular flexibility index (Phi) is 6.36. The van der Waals surface area contributed by atoms with Crippen LogP contribution in [0, 0.1) is 5.92 Å². The number of hydrogen-bond donors (Lipinski definition) is 0. The van der Waals surface area contributed by atoms with E-state index in [0.717, 1.165) is 11.1 Å². The zero-order chi connectivity index (χ0) is 16.7. The van der Waals surface area contributed by atoms with Crippen molar-refractivity contribution in [3.05, 3.63) is 70.7 Å². The number of esters is 1. The summed E-state index contributed by atoms with van der Waals surface area (Å²) < 4.78 is 5.28. The number of aryl methyl sites for hydroxylation is 1. The normalized spacial score (nSPS) is 11.7. The standard InChI is InChI=1S/C19H19ClO3/c1-14(21)18(11-10-15-8-5-9-17(20)12-15)19(22)23-13-16-6-3-2-4-7-16/h2-9,12,18H,10-11,13H2,1H3. The molecule has 3 nitrogen and oxygen atoms in total. The van der Waals surface area contributed by atoms with Crippen LogP contribution in [0.3, 0.4) is 0 Å². The van der Waals surface area contributed by atoms with Gasteiger partial charge in [0.15, 0.2) is 0 Å². The molecule has 2 aromatic rings. The number of carbonyl (C=O) groups excluding carboxylic acids is 2. The molecule has 0 amide bonds. The Hall–Kier alpha value is -2.13. The second-order valence-corrected chi connectivity index (χ2v) is 5.86. The van der Waals surface area contributed by atoms with Gasteiger partial charge in [-0.05, 0) is 43.0 Å². The molecule has 0 saturated carbocycles. The minimum Gasteiger partial charge on any atom is -0.460 e. The van der Waals surface area contributed by atoms with Crippen molar-refractivity contribution < 1.29 is 14.3 Å². The van der Waals surface area contributed by atoms with Crippen LogP contribution in [-0.4, -0.2) is 11.8 Å². The number of carbonyl (C=O) groups is 2. The SMILES string of the molecule is CC(=O)C(CCc1cccc(Cl)c1)C(=O)OCc1ccccc1. The highest BCUT2D eigenvalue weighted by atomic mass is 35.5. The Labute approximate surface area is 141 Å². The fourth-order valence-electron chi connectivity index (χ4n) is 2.32. The maximum Gasteiger partial charge on any atom is 0.316 e. The van der Waals surface area contributed by atoms with Gasteiger partial charge in [0.1, 0.15) is 18.3 Å². The van der Waals surface area contributed by atoms with Crippen molar-refractivity contribution in [3.8, 4) is 0 Å². The van der Waals surface area contributed by atoms with Crippen LogP contribution in [-0.2, 0) is 27.4 Å². The highest BCUT2D eigenvalue weighted by Gasteiger charge is 2.24. The van der Waals surface area contributed by atoms with Crippen molar-refractivity contribution in [2.24, 2.45) is 5.92 Å². The number of hydrogen-bond acceptors (Lipinski definition) is 3. The Morgan fingerprint density at radius 3 is 2.39 bits per heavy atom. The Bertz CT molecular complexity index is 667. The number of halogens is 1. The van der Waals surface area contributed by atoms with Crippen molar-refractivity contribution in [2.75, 3.05) is 0 Å². The molecule has 0 fully saturated rings. The molecule has 0 spiro atoms. The summed E-state index contributed by atoms with van der Waals surface area (Å²) >= 11 is 5.94. The third-order valence-corrected chi connectivity index (χ3v) is 3.84. The molecular formula is C19H19ClO3. The molecule has 0 heterocycles. The van der Waals surface area contributed by atoms with E-state index in [1.54, 1.807) is 6.07 Å².